The molecule has 0 spiro atoms. The Bertz CT molecular complexity index is 351. The zero-order chi connectivity index (χ0) is 12.7. The minimum Gasteiger partial charge on any atom is -0.508 e. The van der Waals surface area contributed by atoms with Crippen molar-refractivity contribution >= 4 is 11.6 Å². The lowest BCUT2D eigenvalue weighted by Gasteiger charge is -2.17. The van der Waals surface area contributed by atoms with Crippen LogP contribution in [0.25, 0.3) is 0 Å². The monoisotopic (exact) mass is 238 g/mol. The van der Waals surface area contributed by atoms with Gasteiger partial charge in [-0.3, -0.25) is 4.79 Å². The molecule has 1 amide bonds. The number of carbonyl (C=O) groups is 1. The van der Waals surface area contributed by atoms with E-state index in [4.69, 9.17) is 9.84 Å². The van der Waals surface area contributed by atoms with E-state index in [1.165, 1.54) is 0 Å². The third kappa shape index (κ3) is 4.42. The van der Waals surface area contributed by atoms with Gasteiger partial charge in [-0.15, -0.1) is 0 Å². The number of likely N-dealkylation sites (N-methyl/N-ethyl adjacent to an activating group) is 1. The number of carbonyl (C=O) groups excluding carboxylic acids is 1. The van der Waals surface area contributed by atoms with Crippen LogP contribution in [0.15, 0.2) is 24.3 Å². The van der Waals surface area contributed by atoms with Gasteiger partial charge in [0.15, 0.2) is 0 Å². The molecule has 0 radical (unpaired) electrons. The Morgan fingerprint density at radius 2 is 2.06 bits per heavy atom. The molecular formula is C12H18N2O3. The largest absolute Gasteiger partial charge is 0.508 e. The average molecular weight is 238 g/mol. The summed E-state index contributed by atoms with van der Waals surface area (Å²) < 4.78 is 4.87. The van der Waals surface area contributed by atoms with Crippen LogP contribution >= 0.6 is 0 Å². The maximum absolute atomic E-state index is 11.8. The van der Waals surface area contributed by atoms with Gasteiger partial charge in [0.1, 0.15) is 5.75 Å². The number of phenolic OH excluding ortho intramolecular Hbond substituents is 1. The highest BCUT2D eigenvalue weighted by Gasteiger charge is 2.09. The van der Waals surface area contributed by atoms with Crippen molar-refractivity contribution < 1.29 is 14.6 Å². The highest BCUT2D eigenvalue weighted by Crippen LogP contribution is 2.16. The first kappa shape index (κ1) is 13.5. The molecule has 94 valence electrons. The molecule has 0 heterocycles. The van der Waals surface area contributed by atoms with Crippen molar-refractivity contribution in [2.75, 3.05) is 38.8 Å². The fourth-order valence-corrected chi connectivity index (χ4v) is 1.31. The number of amides is 1. The Labute approximate surface area is 101 Å². The summed E-state index contributed by atoms with van der Waals surface area (Å²) in [5, 5.41) is 12.1. The number of aromatic hydroxyl groups is 1. The quantitative estimate of drug-likeness (QED) is 0.712. The molecule has 2 N–H and O–H groups in total. The van der Waals surface area contributed by atoms with Crippen molar-refractivity contribution in [1.82, 2.24) is 5.32 Å². The van der Waals surface area contributed by atoms with Crippen LogP contribution in [0.2, 0.25) is 0 Å². The van der Waals surface area contributed by atoms with Gasteiger partial charge in [0.05, 0.1) is 13.2 Å². The summed E-state index contributed by atoms with van der Waals surface area (Å²) >= 11 is 0. The predicted molar refractivity (Wildman–Crippen MR) is 66.3 cm³/mol. The van der Waals surface area contributed by atoms with Gasteiger partial charge in [0.2, 0.25) is 5.91 Å². The molecule has 1 rings (SSSR count). The van der Waals surface area contributed by atoms with Crippen LogP contribution in [0, 0.1) is 0 Å². The smallest absolute Gasteiger partial charge is 0.240 e. The summed E-state index contributed by atoms with van der Waals surface area (Å²) in [4.78, 5) is 13.3. The van der Waals surface area contributed by atoms with Crippen LogP contribution in [-0.4, -0.2) is 44.9 Å². The fraction of sp³-hybridized carbons (Fsp3) is 0.417. The second-order valence-corrected chi connectivity index (χ2v) is 3.64. The Hall–Kier alpha value is -1.59. The van der Waals surface area contributed by atoms with E-state index in [9.17, 15) is 4.79 Å². The number of ether oxygens (including phenoxy) is 1. The van der Waals surface area contributed by atoms with Crippen molar-refractivity contribution in [3.63, 3.8) is 0 Å². The van der Waals surface area contributed by atoms with Crippen LogP contribution < -0.4 is 10.2 Å². The molecule has 0 aromatic heterocycles. The summed E-state index contributed by atoms with van der Waals surface area (Å²) in [6.07, 6.45) is 0. The first-order valence-electron chi connectivity index (χ1n) is 5.40. The zero-order valence-corrected chi connectivity index (χ0v) is 10.1. The Balaban J connectivity index is 2.43. The second kappa shape index (κ2) is 6.88. The van der Waals surface area contributed by atoms with Gasteiger partial charge in [-0.2, -0.15) is 0 Å². The van der Waals surface area contributed by atoms with Crippen LogP contribution in [-0.2, 0) is 9.53 Å². The number of benzene rings is 1. The van der Waals surface area contributed by atoms with Gasteiger partial charge < -0.3 is 20.1 Å². The van der Waals surface area contributed by atoms with E-state index in [0.717, 1.165) is 5.69 Å². The predicted octanol–water partition coefficient (Wildman–Crippen LogP) is 0.591. The summed E-state index contributed by atoms with van der Waals surface area (Å²) in [7, 11) is 3.32. The van der Waals surface area contributed by atoms with E-state index in [2.05, 4.69) is 5.32 Å². The summed E-state index contributed by atoms with van der Waals surface area (Å²) in [5.41, 5.74) is 0.751. The number of methoxy groups -OCH3 is 1. The molecular weight excluding hydrogens is 220 g/mol. The maximum Gasteiger partial charge on any atom is 0.240 e. The van der Waals surface area contributed by atoms with Gasteiger partial charge in [0, 0.05) is 26.4 Å². The maximum atomic E-state index is 11.8. The lowest BCUT2D eigenvalue weighted by Crippen LogP contribution is -2.36. The fourth-order valence-electron chi connectivity index (χ4n) is 1.31. The molecule has 0 saturated heterocycles. The molecule has 0 atom stereocenters. The van der Waals surface area contributed by atoms with E-state index < -0.39 is 0 Å². The van der Waals surface area contributed by atoms with Crippen molar-refractivity contribution in [2.45, 2.75) is 0 Å². The molecule has 1 aromatic rings. The highest BCUT2D eigenvalue weighted by atomic mass is 16.5. The van der Waals surface area contributed by atoms with Gasteiger partial charge in [0.25, 0.3) is 0 Å². The van der Waals surface area contributed by atoms with Gasteiger partial charge >= 0.3 is 0 Å². The topological polar surface area (TPSA) is 61.8 Å². The SMILES string of the molecule is COCCNCC(=O)N(C)c1ccc(O)cc1. The zero-order valence-electron chi connectivity index (χ0n) is 10.1. The molecule has 0 saturated carbocycles. The molecule has 5 nitrogen and oxygen atoms in total. The van der Waals surface area contributed by atoms with Crippen LogP contribution in [0.5, 0.6) is 5.75 Å². The lowest BCUT2D eigenvalue weighted by atomic mass is 10.3. The summed E-state index contributed by atoms with van der Waals surface area (Å²) in [6.45, 7) is 1.49. The summed E-state index contributed by atoms with van der Waals surface area (Å²) in [5.74, 6) is 0.152. The standard InChI is InChI=1S/C12H18N2O3/c1-14(10-3-5-11(15)6-4-10)12(16)9-13-7-8-17-2/h3-6,13,15H,7-9H2,1-2H3. The number of anilines is 1. The molecule has 1 aromatic carbocycles. The Morgan fingerprint density at radius 1 is 1.41 bits per heavy atom. The molecule has 0 aliphatic rings. The van der Waals surface area contributed by atoms with Crippen LogP contribution in [0.4, 0.5) is 5.69 Å². The molecule has 5 heteroatoms. The lowest BCUT2D eigenvalue weighted by molar-refractivity contribution is -0.117. The number of hydrogen-bond donors (Lipinski definition) is 2. The summed E-state index contributed by atoms with van der Waals surface area (Å²) in [6, 6.07) is 6.50. The Kier molecular flexibility index (Phi) is 5.45. The third-order valence-corrected chi connectivity index (χ3v) is 2.37. The van der Waals surface area contributed by atoms with E-state index in [0.29, 0.717) is 13.2 Å². The van der Waals surface area contributed by atoms with Crippen LogP contribution in [0.3, 0.4) is 0 Å². The number of rotatable bonds is 6. The minimum atomic E-state index is -0.0354. The normalized spacial score (nSPS) is 10.2. The average Bonchev–Trinajstić information content (AvgIpc) is 2.34. The van der Waals surface area contributed by atoms with E-state index >= 15 is 0 Å². The number of hydrogen-bond acceptors (Lipinski definition) is 4. The molecule has 0 aliphatic heterocycles. The van der Waals surface area contributed by atoms with Gasteiger partial charge in [-0.05, 0) is 24.3 Å². The Morgan fingerprint density at radius 3 is 2.65 bits per heavy atom. The molecule has 0 bridgehead atoms. The van der Waals surface area contributed by atoms with Crippen molar-refractivity contribution in [2.24, 2.45) is 0 Å². The first-order valence-corrected chi connectivity index (χ1v) is 5.40. The number of nitrogens with one attached hydrogen (secondary N) is 1. The first-order chi connectivity index (χ1) is 8.15. The minimum absolute atomic E-state index is 0.0354. The second-order valence-electron chi connectivity index (χ2n) is 3.64. The van der Waals surface area contributed by atoms with Crippen molar-refractivity contribution in [1.29, 1.82) is 0 Å². The highest BCUT2D eigenvalue weighted by molar-refractivity contribution is 5.94. The molecule has 0 fully saturated rings. The van der Waals surface area contributed by atoms with E-state index in [-0.39, 0.29) is 18.2 Å². The van der Waals surface area contributed by atoms with Gasteiger partial charge in [-0.25, -0.2) is 0 Å². The number of nitrogens with zero attached hydrogens (tertiary/aromatic N) is 1. The number of phenols is 1. The third-order valence-electron chi connectivity index (χ3n) is 2.37. The van der Waals surface area contributed by atoms with Gasteiger partial charge in [-0.1, -0.05) is 0 Å². The van der Waals surface area contributed by atoms with E-state index in [1.807, 2.05) is 0 Å². The molecule has 17 heavy (non-hydrogen) atoms. The van der Waals surface area contributed by atoms with E-state index in [1.54, 1.807) is 43.3 Å². The van der Waals surface area contributed by atoms with Crippen molar-refractivity contribution in [3.05, 3.63) is 24.3 Å². The van der Waals surface area contributed by atoms with Crippen molar-refractivity contribution in [3.8, 4) is 5.75 Å². The molecule has 0 aliphatic carbocycles. The van der Waals surface area contributed by atoms with Crippen LogP contribution in [0.1, 0.15) is 0 Å². The molecule has 0 unspecified atom stereocenters.